The van der Waals surface area contributed by atoms with Crippen LogP contribution in [0.4, 0.5) is 4.39 Å². The third-order valence-electron chi connectivity index (χ3n) is 3.30. The molecule has 0 aromatic heterocycles. The summed E-state index contributed by atoms with van der Waals surface area (Å²) in [6, 6.07) is 13.9. The van der Waals surface area contributed by atoms with Gasteiger partial charge in [0, 0.05) is 11.6 Å². The Morgan fingerprint density at radius 2 is 1.76 bits per heavy atom. The lowest BCUT2D eigenvalue weighted by Gasteiger charge is -2.22. The Kier molecular flexibility index (Phi) is 5.31. The van der Waals surface area contributed by atoms with E-state index in [0.717, 1.165) is 11.3 Å². The van der Waals surface area contributed by atoms with Gasteiger partial charge in [0.2, 0.25) is 0 Å². The number of halogens is 1. The average molecular weight is 289 g/mol. The molecule has 0 aliphatic heterocycles. The van der Waals surface area contributed by atoms with E-state index < -0.39 is 0 Å². The highest BCUT2D eigenvalue weighted by molar-refractivity contribution is 5.29. The van der Waals surface area contributed by atoms with E-state index in [1.54, 1.807) is 25.3 Å². The van der Waals surface area contributed by atoms with Gasteiger partial charge in [-0.15, -0.1) is 0 Å². The van der Waals surface area contributed by atoms with Crippen LogP contribution in [-0.2, 0) is 11.3 Å². The SMILES string of the molecule is COc1ccc(C(OCc2ccccc2F)C(C)N)cc1. The molecular formula is C17H20FNO2. The quantitative estimate of drug-likeness (QED) is 0.886. The molecule has 2 aromatic carbocycles. The van der Waals surface area contributed by atoms with Gasteiger partial charge in [0.25, 0.3) is 0 Å². The second kappa shape index (κ2) is 7.20. The molecule has 0 spiro atoms. The van der Waals surface area contributed by atoms with Gasteiger partial charge in [-0.2, -0.15) is 0 Å². The van der Waals surface area contributed by atoms with Crippen LogP contribution in [0.25, 0.3) is 0 Å². The molecule has 2 unspecified atom stereocenters. The molecule has 3 nitrogen and oxygen atoms in total. The lowest BCUT2D eigenvalue weighted by atomic mass is 10.0. The second-order valence-corrected chi connectivity index (χ2v) is 4.96. The molecule has 2 N–H and O–H groups in total. The van der Waals surface area contributed by atoms with Gasteiger partial charge >= 0.3 is 0 Å². The van der Waals surface area contributed by atoms with Crippen LogP contribution in [0, 0.1) is 5.82 Å². The fourth-order valence-electron chi connectivity index (χ4n) is 2.14. The van der Waals surface area contributed by atoms with Crippen LogP contribution < -0.4 is 10.5 Å². The number of hydrogen-bond donors (Lipinski definition) is 1. The van der Waals surface area contributed by atoms with Crippen molar-refractivity contribution in [3.63, 3.8) is 0 Å². The van der Waals surface area contributed by atoms with Crippen molar-refractivity contribution >= 4 is 0 Å². The van der Waals surface area contributed by atoms with Crippen molar-refractivity contribution in [1.29, 1.82) is 0 Å². The number of methoxy groups -OCH3 is 1. The molecule has 0 saturated heterocycles. The van der Waals surface area contributed by atoms with Crippen molar-refractivity contribution < 1.29 is 13.9 Å². The summed E-state index contributed by atoms with van der Waals surface area (Å²) in [6.45, 7) is 2.06. The number of ether oxygens (including phenoxy) is 2. The van der Waals surface area contributed by atoms with Crippen molar-refractivity contribution in [2.45, 2.75) is 25.7 Å². The van der Waals surface area contributed by atoms with E-state index in [0.29, 0.717) is 5.56 Å². The van der Waals surface area contributed by atoms with Gasteiger partial charge in [-0.3, -0.25) is 0 Å². The third kappa shape index (κ3) is 4.03. The lowest BCUT2D eigenvalue weighted by Crippen LogP contribution is -2.27. The molecule has 112 valence electrons. The molecule has 0 fully saturated rings. The van der Waals surface area contributed by atoms with E-state index in [1.165, 1.54) is 6.07 Å². The first kappa shape index (κ1) is 15.5. The van der Waals surface area contributed by atoms with Gasteiger partial charge in [-0.25, -0.2) is 4.39 Å². The molecule has 2 aromatic rings. The summed E-state index contributed by atoms with van der Waals surface area (Å²) >= 11 is 0. The summed E-state index contributed by atoms with van der Waals surface area (Å²) < 4.78 is 24.6. The van der Waals surface area contributed by atoms with Crippen molar-refractivity contribution in [1.82, 2.24) is 0 Å². The highest BCUT2D eigenvalue weighted by Crippen LogP contribution is 2.24. The number of benzene rings is 2. The monoisotopic (exact) mass is 289 g/mol. The molecule has 0 bridgehead atoms. The van der Waals surface area contributed by atoms with E-state index in [1.807, 2.05) is 31.2 Å². The molecule has 2 atom stereocenters. The molecule has 0 saturated carbocycles. The van der Waals surface area contributed by atoms with Crippen molar-refractivity contribution in [3.8, 4) is 5.75 Å². The maximum absolute atomic E-state index is 13.6. The summed E-state index contributed by atoms with van der Waals surface area (Å²) in [7, 11) is 1.62. The van der Waals surface area contributed by atoms with E-state index in [9.17, 15) is 4.39 Å². The zero-order valence-corrected chi connectivity index (χ0v) is 12.3. The fourth-order valence-corrected chi connectivity index (χ4v) is 2.14. The van der Waals surface area contributed by atoms with Gasteiger partial charge in [-0.05, 0) is 30.7 Å². The summed E-state index contributed by atoms with van der Waals surface area (Å²) in [5.41, 5.74) is 7.46. The zero-order valence-electron chi connectivity index (χ0n) is 12.3. The predicted octanol–water partition coefficient (Wildman–Crippen LogP) is 3.44. The fraction of sp³-hybridized carbons (Fsp3) is 0.294. The first-order chi connectivity index (χ1) is 10.1. The normalized spacial score (nSPS) is 13.7. The number of rotatable bonds is 6. The lowest BCUT2D eigenvalue weighted by molar-refractivity contribution is 0.0244. The van der Waals surface area contributed by atoms with E-state index in [2.05, 4.69) is 0 Å². The van der Waals surface area contributed by atoms with Crippen molar-refractivity contribution in [2.75, 3.05) is 7.11 Å². The number of nitrogens with two attached hydrogens (primary N) is 1. The van der Waals surface area contributed by atoms with Gasteiger partial charge in [0.15, 0.2) is 0 Å². The Morgan fingerprint density at radius 3 is 2.33 bits per heavy atom. The molecule has 2 rings (SSSR count). The first-order valence-electron chi connectivity index (χ1n) is 6.86. The van der Waals surface area contributed by atoms with Crippen LogP contribution in [0.15, 0.2) is 48.5 Å². The maximum atomic E-state index is 13.6. The second-order valence-electron chi connectivity index (χ2n) is 4.96. The number of hydrogen-bond acceptors (Lipinski definition) is 3. The zero-order chi connectivity index (χ0) is 15.2. The van der Waals surface area contributed by atoms with Crippen molar-refractivity contribution in [2.24, 2.45) is 5.73 Å². The van der Waals surface area contributed by atoms with Crippen LogP contribution in [0.5, 0.6) is 5.75 Å². The standard InChI is InChI=1S/C17H20FNO2/c1-12(19)17(13-7-9-15(20-2)10-8-13)21-11-14-5-3-4-6-16(14)18/h3-10,12,17H,11,19H2,1-2H3. The van der Waals surface area contributed by atoms with Gasteiger partial charge in [0.1, 0.15) is 11.6 Å². The summed E-state index contributed by atoms with van der Waals surface area (Å²) in [6.07, 6.45) is -0.296. The Bertz CT molecular complexity index is 569. The molecule has 0 aliphatic rings. The topological polar surface area (TPSA) is 44.5 Å². The molecule has 0 amide bonds. The molecule has 0 radical (unpaired) electrons. The minimum Gasteiger partial charge on any atom is -0.497 e. The van der Waals surface area contributed by atoms with Gasteiger partial charge in [0.05, 0.1) is 19.8 Å². The highest BCUT2D eigenvalue weighted by Gasteiger charge is 2.17. The maximum Gasteiger partial charge on any atom is 0.128 e. The van der Waals surface area contributed by atoms with Crippen LogP contribution in [0.3, 0.4) is 0 Å². The predicted molar refractivity (Wildman–Crippen MR) is 80.6 cm³/mol. The van der Waals surface area contributed by atoms with Crippen LogP contribution in [0.1, 0.15) is 24.2 Å². The molecule has 4 heteroatoms. The minimum atomic E-state index is -0.296. The first-order valence-corrected chi connectivity index (χ1v) is 6.86. The minimum absolute atomic E-state index is 0.185. The van der Waals surface area contributed by atoms with Crippen molar-refractivity contribution in [3.05, 3.63) is 65.5 Å². The summed E-state index contributed by atoms with van der Waals surface area (Å²) in [5.74, 6) is 0.506. The van der Waals surface area contributed by atoms with Gasteiger partial charge in [-0.1, -0.05) is 30.3 Å². The molecule has 21 heavy (non-hydrogen) atoms. The summed E-state index contributed by atoms with van der Waals surface area (Å²) in [5, 5.41) is 0. The smallest absolute Gasteiger partial charge is 0.128 e. The Labute approximate surface area is 124 Å². The Balaban J connectivity index is 2.10. The Hall–Kier alpha value is -1.91. The highest BCUT2D eigenvalue weighted by atomic mass is 19.1. The molecule has 0 aliphatic carbocycles. The average Bonchev–Trinajstić information content (AvgIpc) is 2.49. The van der Waals surface area contributed by atoms with E-state index >= 15 is 0 Å². The summed E-state index contributed by atoms with van der Waals surface area (Å²) in [4.78, 5) is 0. The van der Waals surface area contributed by atoms with Crippen LogP contribution in [0.2, 0.25) is 0 Å². The van der Waals surface area contributed by atoms with Crippen LogP contribution >= 0.6 is 0 Å². The Morgan fingerprint density at radius 1 is 1.10 bits per heavy atom. The van der Waals surface area contributed by atoms with Crippen LogP contribution in [-0.4, -0.2) is 13.2 Å². The third-order valence-corrected chi connectivity index (χ3v) is 3.30. The molecular weight excluding hydrogens is 269 g/mol. The largest absolute Gasteiger partial charge is 0.497 e. The van der Waals surface area contributed by atoms with Gasteiger partial charge < -0.3 is 15.2 Å². The van der Waals surface area contributed by atoms with E-state index in [-0.39, 0.29) is 24.6 Å². The van der Waals surface area contributed by atoms with E-state index in [4.69, 9.17) is 15.2 Å². The molecule has 0 heterocycles.